The molecule has 0 spiro atoms. The highest BCUT2D eigenvalue weighted by molar-refractivity contribution is 7.91. The number of benzene rings is 1. The third kappa shape index (κ3) is 4.00. The molecule has 1 aliphatic heterocycles. The molecule has 1 N–H and O–H groups in total. The number of amides is 1. The summed E-state index contributed by atoms with van der Waals surface area (Å²) in [6.07, 6.45) is 2.71. The summed E-state index contributed by atoms with van der Waals surface area (Å²) in [6.45, 7) is 2.46. The van der Waals surface area contributed by atoms with Crippen molar-refractivity contribution in [3.8, 4) is 11.1 Å². The molecule has 1 fully saturated rings. The van der Waals surface area contributed by atoms with Gasteiger partial charge in [0, 0.05) is 29.0 Å². The van der Waals surface area contributed by atoms with E-state index in [0.717, 1.165) is 15.8 Å². The molecule has 0 saturated carbocycles. The second-order valence-electron chi connectivity index (χ2n) is 7.25. The molecule has 29 heavy (non-hydrogen) atoms. The van der Waals surface area contributed by atoms with Gasteiger partial charge in [0.1, 0.15) is 9.84 Å². The summed E-state index contributed by atoms with van der Waals surface area (Å²) in [7, 11) is -2.98. The van der Waals surface area contributed by atoms with Gasteiger partial charge in [0.2, 0.25) is 0 Å². The smallest absolute Gasteiger partial charge is 0.261 e. The summed E-state index contributed by atoms with van der Waals surface area (Å²) in [6, 6.07) is 11.3. The number of fused-ring (bicyclic) bond motifs is 1. The van der Waals surface area contributed by atoms with Crippen LogP contribution in [0.1, 0.15) is 29.4 Å². The number of aromatic nitrogens is 1. The second-order valence-corrected chi connectivity index (χ2v) is 10.6. The van der Waals surface area contributed by atoms with Crippen LogP contribution in [0.25, 0.3) is 21.2 Å². The number of hydrogen-bond acceptors (Lipinski definition) is 5. The van der Waals surface area contributed by atoms with E-state index in [1.54, 1.807) is 10.6 Å². The first-order chi connectivity index (χ1) is 13.9. The predicted molar refractivity (Wildman–Crippen MR) is 116 cm³/mol. The fourth-order valence-electron chi connectivity index (χ4n) is 3.64. The second kappa shape index (κ2) is 7.76. The van der Waals surface area contributed by atoms with E-state index in [0.29, 0.717) is 29.6 Å². The molecular weight excluding hydrogens is 408 g/mol. The van der Waals surface area contributed by atoms with Crippen LogP contribution in [0.15, 0.2) is 47.4 Å². The van der Waals surface area contributed by atoms with Crippen LogP contribution >= 0.6 is 11.3 Å². The third-order valence-electron chi connectivity index (χ3n) is 5.29. The van der Waals surface area contributed by atoms with Gasteiger partial charge in [-0.2, -0.15) is 0 Å². The molecule has 0 radical (unpaired) electrons. The highest BCUT2D eigenvalue weighted by Gasteiger charge is 2.26. The van der Waals surface area contributed by atoms with E-state index in [4.69, 9.17) is 0 Å². The van der Waals surface area contributed by atoms with Gasteiger partial charge in [0.05, 0.1) is 21.8 Å². The average Bonchev–Trinajstić information content (AvgIpc) is 3.17. The van der Waals surface area contributed by atoms with Crippen LogP contribution in [0.5, 0.6) is 0 Å². The maximum absolute atomic E-state index is 12.8. The molecule has 0 bridgehead atoms. The molecule has 1 saturated heterocycles. The highest BCUT2D eigenvalue weighted by atomic mass is 32.2. The first-order valence-corrected chi connectivity index (χ1v) is 12.3. The zero-order valence-corrected chi connectivity index (χ0v) is 17.7. The quantitative estimate of drug-likeness (QED) is 0.689. The molecule has 2 aromatic heterocycles. The minimum absolute atomic E-state index is 0.101. The van der Waals surface area contributed by atoms with Crippen LogP contribution in [0.4, 0.5) is 0 Å². The van der Waals surface area contributed by atoms with Crippen LogP contribution < -0.4 is 10.9 Å². The van der Waals surface area contributed by atoms with Gasteiger partial charge in [-0.15, -0.1) is 11.3 Å². The lowest BCUT2D eigenvalue weighted by atomic mass is 10.1. The average molecular weight is 431 g/mol. The van der Waals surface area contributed by atoms with Crippen molar-refractivity contribution < 1.29 is 13.2 Å². The molecular formula is C21H22N2O4S2. The van der Waals surface area contributed by atoms with Crippen LogP contribution in [-0.4, -0.2) is 36.4 Å². The number of hydrogen-bond donors (Lipinski definition) is 1. The van der Waals surface area contributed by atoms with Gasteiger partial charge in [-0.25, -0.2) is 8.42 Å². The Kier molecular flexibility index (Phi) is 5.31. The van der Waals surface area contributed by atoms with Crippen LogP contribution in [0.3, 0.4) is 0 Å². The number of pyridine rings is 1. The minimum atomic E-state index is -2.98. The van der Waals surface area contributed by atoms with Crippen molar-refractivity contribution in [3.05, 3.63) is 57.8 Å². The molecule has 1 aliphatic rings. The fraction of sp³-hybridized carbons (Fsp3) is 0.333. The van der Waals surface area contributed by atoms with Gasteiger partial charge in [0.25, 0.3) is 11.5 Å². The summed E-state index contributed by atoms with van der Waals surface area (Å²) < 4.78 is 25.6. The summed E-state index contributed by atoms with van der Waals surface area (Å²) in [4.78, 5) is 26.1. The number of aryl methyl sites for hydroxylation is 1. The topological polar surface area (TPSA) is 85.2 Å². The number of carbonyl (C=O) groups excluding carboxylic acids is 1. The van der Waals surface area contributed by atoms with Crippen molar-refractivity contribution in [1.82, 2.24) is 9.88 Å². The molecule has 1 amide bonds. The fourth-order valence-corrected chi connectivity index (χ4v) is 6.22. The van der Waals surface area contributed by atoms with Gasteiger partial charge in [0.15, 0.2) is 0 Å². The monoisotopic (exact) mass is 430 g/mol. The number of nitrogens with zero attached hydrogens (tertiary/aromatic N) is 1. The largest absolute Gasteiger partial charge is 0.349 e. The minimum Gasteiger partial charge on any atom is -0.349 e. The highest BCUT2D eigenvalue weighted by Crippen LogP contribution is 2.33. The maximum atomic E-state index is 12.8. The van der Waals surface area contributed by atoms with Crippen LogP contribution in [0, 0.1) is 0 Å². The Labute approximate surface area is 173 Å². The first kappa shape index (κ1) is 19.8. The van der Waals surface area contributed by atoms with E-state index >= 15 is 0 Å². The van der Waals surface area contributed by atoms with Gasteiger partial charge >= 0.3 is 0 Å². The van der Waals surface area contributed by atoms with E-state index in [-0.39, 0.29) is 29.0 Å². The van der Waals surface area contributed by atoms with E-state index in [2.05, 4.69) is 5.32 Å². The van der Waals surface area contributed by atoms with E-state index in [9.17, 15) is 18.0 Å². The normalized spacial score (nSPS) is 16.7. The van der Waals surface area contributed by atoms with E-state index < -0.39 is 9.84 Å². The lowest BCUT2D eigenvalue weighted by Gasteiger charge is -2.22. The standard InChI is InChI=1S/C21H22N2O4S2/c1-2-23-13-17(14-6-4-3-5-7-14)19-16(21(23)25)12-18(28-19)20(24)22-15-8-10-29(26,27)11-9-15/h3-7,12-13,15H,2,8-11H2,1H3,(H,22,24). The van der Waals surface area contributed by atoms with Gasteiger partial charge in [-0.1, -0.05) is 30.3 Å². The number of sulfone groups is 1. The Bertz CT molecular complexity index is 1210. The summed E-state index contributed by atoms with van der Waals surface area (Å²) in [5.41, 5.74) is 1.81. The molecule has 0 aliphatic carbocycles. The first-order valence-electron chi connectivity index (χ1n) is 9.61. The zero-order valence-electron chi connectivity index (χ0n) is 16.1. The van der Waals surface area contributed by atoms with Crippen molar-refractivity contribution in [2.75, 3.05) is 11.5 Å². The SMILES string of the molecule is CCn1cc(-c2ccccc2)c2sc(C(=O)NC3CCS(=O)(=O)CC3)cc2c1=O. The Morgan fingerprint density at radius 2 is 1.90 bits per heavy atom. The number of rotatable bonds is 4. The molecule has 0 atom stereocenters. The number of nitrogens with one attached hydrogen (secondary N) is 1. The third-order valence-corrected chi connectivity index (χ3v) is 8.17. The van der Waals surface area contributed by atoms with Crippen molar-refractivity contribution in [2.24, 2.45) is 0 Å². The maximum Gasteiger partial charge on any atom is 0.261 e. The number of carbonyl (C=O) groups is 1. The molecule has 6 nitrogen and oxygen atoms in total. The van der Waals surface area contributed by atoms with Crippen molar-refractivity contribution in [1.29, 1.82) is 0 Å². The zero-order chi connectivity index (χ0) is 20.6. The molecule has 1 aromatic carbocycles. The molecule has 8 heteroatoms. The van der Waals surface area contributed by atoms with Gasteiger partial charge in [-0.05, 0) is 31.4 Å². The van der Waals surface area contributed by atoms with Crippen molar-refractivity contribution in [2.45, 2.75) is 32.4 Å². The number of thiophene rings is 1. The van der Waals surface area contributed by atoms with Gasteiger partial charge < -0.3 is 9.88 Å². The molecule has 3 aromatic rings. The molecule has 152 valence electrons. The lowest BCUT2D eigenvalue weighted by molar-refractivity contribution is 0.0938. The predicted octanol–water partition coefficient (Wildman–Crippen LogP) is 3.06. The molecule has 0 unspecified atom stereocenters. The summed E-state index contributed by atoms with van der Waals surface area (Å²) in [5.74, 6) is -0.0510. The Morgan fingerprint density at radius 3 is 2.55 bits per heavy atom. The van der Waals surface area contributed by atoms with Crippen molar-refractivity contribution in [3.63, 3.8) is 0 Å². The van der Waals surface area contributed by atoms with E-state index in [1.165, 1.54) is 11.3 Å². The Hall–Kier alpha value is -2.45. The van der Waals surface area contributed by atoms with E-state index in [1.807, 2.05) is 43.5 Å². The Balaban J connectivity index is 1.71. The molecule has 4 rings (SSSR count). The summed E-state index contributed by atoms with van der Waals surface area (Å²) in [5, 5.41) is 3.48. The van der Waals surface area contributed by atoms with Crippen molar-refractivity contribution >= 4 is 37.2 Å². The van der Waals surface area contributed by atoms with Crippen LogP contribution in [-0.2, 0) is 16.4 Å². The van der Waals surface area contributed by atoms with Gasteiger partial charge in [-0.3, -0.25) is 9.59 Å². The lowest BCUT2D eigenvalue weighted by Crippen LogP contribution is -2.40. The van der Waals surface area contributed by atoms with Crippen LogP contribution in [0.2, 0.25) is 0 Å². The Morgan fingerprint density at radius 1 is 1.21 bits per heavy atom. The molecule has 3 heterocycles. The summed E-state index contributed by atoms with van der Waals surface area (Å²) >= 11 is 1.30.